The zero-order valence-electron chi connectivity index (χ0n) is 12.9. The van der Waals surface area contributed by atoms with Crippen LogP contribution in [0.15, 0.2) is 36.7 Å². The lowest BCUT2D eigenvalue weighted by molar-refractivity contribution is 0.748. The molecule has 1 heterocycles. The third kappa shape index (κ3) is 4.45. The lowest BCUT2D eigenvalue weighted by Crippen LogP contribution is -2.24. The normalized spacial score (nSPS) is 10.6. The molecule has 0 bridgehead atoms. The molecule has 1 aromatic carbocycles. The van der Waals surface area contributed by atoms with Gasteiger partial charge in [-0.2, -0.15) is 0 Å². The van der Waals surface area contributed by atoms with E-state index in [2.05, 4.69) is 40.8 Å². The number of rotatable bonds is 7. The summed E-state index contributed by atoms with van der Waals surface area (Å²) in [6.45, 7) is 6.14. The van der Waals surface area contributed by atoms with Gasteiger partial charge in [-0.05, 0) is 30.5 Å². The largest absolute Gasteiger partial charge is 0.399 e. The molecule has 2 aromatic rings. The van der Waals surface area contributed by atoms with Crippen molar-refractivity contribution in [3.05, 3.63) is 47.9 Å². The molecule has 0 radical (unpaired) electrons. The standard InChI is InChI=1S/C17H24N4/c1-3-6-16-11-17(20-13-19-16)21(9-4-2)12-14-7-5-8-15(18)10-14/h5,7-8,10-11,13H,3-4,6,9,12,18H2,1-2H3. The molecule has 1 aromatic heterocycles. The number of benzene rings is 1. The van der Waals surface area contributed by atoms with E-state index in [-0.39, 0.29) is 0 Å². The lowest BCUT2D eigenvalue weighted by Gasteiger charge is -2.23. The van der Waals surface area contributed by atoms with Crippen LogP contribution < -0.4 is 10.6 Å². The van der Waals surface area contributed by atoms with Crippen molar-refractivity contribution < 1.29 is 0 Å². The van der Waals surface area contributed by atoms with E-state index in [1.807, 2.05) is 18.2 Å². The molecular formula is C17H24N4. The maximum absolute atomic E-state index is 5.87. The zero-order valence-corrected chi connectivity index (χ0v) is 12.9. The van der Waals surface area contributed by atoms with Crippen LogP contribution >= 0.6 is 0 Å². The van der Waals surface area contributed by atoms with Crippen molar-refractivity contribution in [2.24, 2.45) is 0 Å². The van der Waals surface area contributed by atoms with E-state index in [9.17, 15) is 0 Å². The zero-order chi connectivity index (χ0) is 15.1. The Morgan fingerprint density at radius 3 is 2.67 bits per heavy atom. The first-order valence-corrected chi connectivity index (χ1v) is 7.63. The predicted octanol–water partition coefficient (Wildman–Crippen LogP) is 3.43. The Hall–Kier alpha value is -2.10. The maximum Gasteiger partial charge on any atom is 0.132 e. The summed E-state index contributed by atoms with van der Waals surface area (Å²) in [6.07, 6.45) is 4.84. The maximum atomic E-state index is 5.87. The fourth-order valence-corrected chi connectivity index (χ4v) is 2.41. The van der Waals surface area contributed by atoms with E-state index >= 15 is 0 Å². The van der Waals surface area contributed by atoms with Crippen molar-refractivity contribution in [1.29, 1.82) is 0 Å². The summed E-state index contributed by atoms with van der Waals surface area (Å²) in [5.41, 5.74) is 8.99. The number of nitrogen functional groups attached to an aromatic ring is 1. The highest BCUT2D eigenvalue weighted by molar-refractivity contribution is 5.44. The molecule has 0 atom stereocenters. The van der Waals surface area contributed by atoms with Gasteiger partial charge in [0, 0.05) is 30.5 Å². The first-order valence-electron chi connectivity index (χ1n) is 7.63. The van der Waals surface area contributed by atoms with Crippen LogP contribution in [0, 0.1) is 0 Å². The summed E-state index contributed by atoms with van der Waals surface area (Å²) in [6, 6.07) is 10.1. The monoisotopic (exact) mass is 284 g/mol. The first kappa shape index (κ1) is 15.3. The Balaban J connectivity index is 2.19. The van der Waals surface area contributed by atoms with Crippen molar-refractivity contribution in [3.63, 3.8) is 0 Å². The van der Waals surface area contributed by atoms with Gasteiger partial charge in [0.2, 0.25) is 0 Å². The van der Waals surface area contributed by atoms with Crippen LogP contribution in [0.3, 0.4) is 0 Å². The third-order valence-corrected chi connectivity index (χ3v) is 3.36. The van der Waals surface area contributed by atoms with Crippen LogP contribution in [0.5, 0.6) is 0 Å². The van der Waals surface area contributed by atoms with Gasteiger partial charge >= 0.3 is 0 Å². The van der Waals surface area contributed by atoms with E-state index < -0.39 is 0 Å². The molecule has 0 spiro atoms. The van der Waals surface area contributed by atoms with Crippen LogP contribution in [-0.2, 0) is 13.0 Å². The van der Waals surface area contributed by atoms with Gasteiger partial charge in [0.05, 0.1) is 0 Å². The van der Waals surface area contributed by atoms with Gasteiger partial charge in [-0.1, -0.05) is 32.4 Å². The summed E-state index contributed by atoms with van der Waals surface area (Å²) in [5, 5.41) is 0. The predicted molar refractivity (Wildman–Crippen MR) is 88.2 cm³/mol. The highest BCUT2D eigenvalue weighted by Crippen LogP contribution is 2.17. The Morgan fingerprint density at radius 2 is 1.95 bits per heavy atom. The molecule has 2 N–H and O–H groups in total. The van der Waals surface area contributed by atoms with Crippen molar-refractivity contribution >= 4 is 11.5 Å². The lowest BCUT2D eigenvalue weighted by atomic mass is 10.2. The Morgan fingerprint density at radius 1 is 1.10 bits per heavy atom. The second-order valence-electron chi connectivity index (χ2n) is 5.28. The number of hydrogen-bond acceptors (Lipinski definition) is 4. The van der Waals surface area contributed by atoms with E-state index in [0.29, 0.717) is 0 Å². The summed E-state index contributed by atoms with van der Waals surface area (Å²) in [4.78, 5) is 11.1. The highest BCUT2D eigenvalue weighted by atomic mass is 15.2. The molecule has 112 valence electrons. The Labute approximate surface area is 127 Å². The molecule has 0 saturated heterocycles. The minimum absolute atomic E-state index is 0.804. The van der Waals surface area contributed by atoms with Gasteiger partial charge in [-0.15, -0.1) is 0 Å². The van der Waals surface area contributed by atoms with E-state index in [1.165, 1.54) is 5.56 Å². The van der Waals surface area contributed by atoms with Gasteiger partial charge < -0.3 is 10.6 Å². The van der Waals surface area contributed by atoms with Gasteiger partial charge in [0.15, 0.2) is 0 Å². The number of aromatic nitrogens is 2. The summed E-state index contributed by atoms with van der Waals surface area (Å²) in [7, 11) is 0. The topological polar surface area (TPSA) is 55.0 Å². The second-order valence-corrected chi connectivity index (χ2v) is 5.28. The smallest absolute Gasteiger partial charge is 0.132 e. The number of nitrogens with two attached hydrogens (primary N) is 1. The molecular weight excluding hydrogens is 260 g/mol. The number of anilines is 2. The molecule has 0 aliphatic rings. The molecule has 0 aliphatic heterocycles. The third-order valence-electron chi connectivity index (χ3n) is 3.36. The fourth-order valence-electron chi connectivity index (χ4n) is 2.41. The molecule has 21 heavy (non-hydrogen) atoms. The molecule has 0 unspecified atom stereocenters. The SMILES string of the molecule is CCCc1cc(N(CCC)Cc2cccc(N)c2)ncn1. The quantitative estimate of drug-likeness (QED) is 0.791. The Kier molecular flexibility index (Phi) is 5.55. The van der Waals surface area contributed by atoms with Crippen LogP contribution in [0.25, 0.3) is 0 Å². The van der Waals surface area contributed by atoms with Crippen LogP contribution in [0.2, 0.25) is 0 Å². The Bertz CT molecular complexity index is 568. The molecule has 4 nitrogen and oxygen atoms in total. The molecule has 4 heteroatoms. The first-order chi connectivity index (χ1) is 10.2. The summed E-state index contributed by atoms with van der Waals surface area (Å²) < 4.78 is 0. The van der Waals surface area contributed by atoms with Crippen LogP contribution in [-0.4, -0.2) is 16.5 Å². The van der Waals surface area contributed by atoms with Gasteiger partial charge in [0.1, 0.15) is 12.1 Å². The minimum Gasteiger partial charge on any atom is -0.399 e. The molecule has 0 fully saturated rings. The minimum atomic E-state index is 0.804. The fraction of sp³-hybridized carbons (Fsp3) is 0.412. The second kappa shape index (κ2) is 7.62. The van der Waals surface area contributed by atoms with E-state index in [1.54, 1.807) is 6.33 Å². The van der Waals surface area contributed by atoms with E-state index in [0.717, 1.165) is 49.6 Å². The molecule has 2 rings (SSSR count). The van der Waals surface area contributed by atoms with Gasteiger partial charge in [-0.3, -0.25) is 0 Å². The average Bonchev–Trinajstić information content (AvgIpc) is 2.47. The van der Waals surface area contributed by atoms with Gasteiger partial charge in [0.25, 0.3) is 0 Å². The van der Waals surface area contributed by atoms with E-state index in [4.69, 9.17) is 5.73 Å². The molecule has 0 saturated carbocycles. The molecule has 0 amide bonds. The average molecular weight is 284 g/mol. The summed E-state index contributed by atoms with van der Waals surface area (Å²) in [5.74, 6) is 0.998. The van der Waals surface area contributed by atoms with Crippen molar-refractivity contribution in [3.8, 4) is 0 Å². The number of nitrogens with zero attached hydrogens (tertiary/aromatic N) is 3. The summed E-state index contributed by atoms with van der Waals surface area (Å²) >= 11 is 0. The van der Waals surface area contributed by atoms with Crippen LogP contribution in [0.1, 0.15) is 37.9 Å². The highest BCUT2D eigenvalue weighted by Gasteiger charge is 2.09. The molecule has 0 aliphatic carbocycles. The van der Waals surface area contributed by atoms with Crippen molar-refractivity contribution in [2.75, 3.05) is 17.2 Å². The van der Waals surface area contributed by atoms with Crippen LogP contribution in [0.4, 0.5) is 11.5 Å². The number of aryl methyl sites for hydroxylation is 1. The van der Waals surface area contributed by atoms with Crippen molar-refractivity contribution in [1.82, 2.24) is 9.97 Å². The van der Waals surface area contributed by atoms with Crippen molar-refractivity contribution in [2.45, 2.75) is 39.7 Å². The number of hydrogen-bond donors (Lipinski definition) is 1. The van der Waals surface area contributed by atoms with Gasteiger partial charge in [-0.25, -0.2) is 9.97 Å².